The second kappa shape index (κ2) is 9.57. The highest BCUT2D eigenvalue weighted by Crippen LogP contribution is 2.30. The highest BCUT2D eigenvalue weighted by molar-refractivity contribution is 7.80. The Balaban J connectivity index is 1.25. The van der Waals surface area contributed by atoms with Crippen molar-refractivity contribution in [3.05, 3.63) is 77.9 Å². The Morgan fingerprint density at radius 2 is 1.59 bits per heavy atom. The molecule has 0 spiro atoms. The molecule has 3 amide bonds. The molecule has 0 bridgehead atoms. The molecular formula is C24H22N4O3S. The Labute approximate surface area is 190 Å². The summed E-state index contributed by atoms with van der Waals surface area (Å²) in [5.41, 5.74) is 6.90. The van der Waals surface area contributed by atoms with Crippen molar-refractivity contribution in [2.45, 2.75) is 19.3 Å². The molecule has 32 heavy (non-hydrogen) atoms. The summed E-state index contributed by atoms with van der Waals surface area (Å²) in [6.07, 6.45) is 2.01. The Hall–Kier alpha value is -3.78. The van der Waals surface area contributed by atoms with Crippen molar-refractivity contribution in [3.63, 3.8) is 0 Å². The highest BCUT2D eigenvalue weighted by Gasteiger charge is 2.29. The molecule has 8 heteroatoms. The second-order valence-corrected chi connectivity index (χ2v) is 8.02. The van der Waals surface area contributed by atoms with Gasteiger partial charge in [-0.15, -0.1) is 0 Å². The average Bonchev–Trinajstić information content (AvgIpc) is 3.64. The van der Waals surface area contributed by atoms with Gasteiger partial charge in [0.15, 0.2) is 5.11 Å². The van der Waals surface area contributed by atoms with Gasteiger partial charge in [-0.25, -0.2) is 0 Å². The van der Waals surface area contributed by atoms with Crippen LogP contribution in [0.5, 0.6) is 0 Å². The van der Waals surface area contributed by atoms with Crippen LogP contribution < -0.4 is 21.5 Å². The summed E-state index contributed by atoms with van der Waals surface area (Å²) in [4.78, 5) is 36.5. The zero-order valence-corrected chi connectivity index (χ0v) is 18.0. The van der Waals surface area contributed by atoms with Gasteiger partial charge in [-0.1, -0.05) is 42.5 Å². The second-order valence-electron chi connectivity index (χ2n) is 7.61. The van der Waals surface area contributed by atoms with Gasteiger partial charge in [-0.05, 0) is 65.7 Å². The van der Waals surface area contributed by atoms with Gasteiger partial charge in [0.1, 0.15) is 0 Å². The standard InChI is InChI=1S/C24H22N4O3S/c29-21(14-18-6-3-5-15-4-1-2-7-20(15)18)26-24(32)28-27-23(31)17-10-12-19(13-11-17)25-22(30)16-8-9-16/h1-7,10-13,16H,8-9,14H2,(H,25,30)(H,27,31)(H2,26,28,29,32). The summed E-state index contributed by atoms with van der Waals surface area (Å²) in [6.45, 7) is 0. The van der Waals surface area contributed by atoms with Crippen LogP contribution in [-0.2, 0) is 16.0 Å². The lowest BCUT2D eigenvalue weighted by atomic mass is 10.0. The Morgan fingerprint density at radius 3 is 2.34 bits per heavy atom. The maximum atomic E-state index is 12.4. The molecule has 4 N–H and O–H groups in total. The highest BCUT2D eigenvalue weighted by atomic mass is 32.1. The first kappa shape index (κ1) is 21.5. The van der Waals surface area contributed by atoms with Crippen LogP contribution in [0.15, 0.2) is 66.7 Å². The average molecular weight is 447 g/mol. The predicted octanol–water partition coefficient (Wildman–Crippen LogP) is 3.07. The number of benzene rings is 3. The molecule has 1 aliphatic rings. The van der Waals surface area contributed by atoms with Crippen molar-refractivity contribution in [2.24, 2.45) is 5.92 Å². The third-order valence-corrected chi connectivity index (χ3v) is 5.34. The summed E-state index contributed by atoms with van der Waals surface area (Å²) in [5.74, 6) is -0.591. The van der Waals surface area contributed by atoms with E-state index in [1.807, 2.05) is 42.5 Å². The maximum Gasteiger partial charge on any atom is 0.269 e. The number of hydrazine groups is 1. The van der Waals surface area contributed by atoms with Gasteiger partial charge in [-0.3, -0.25) is 25.2 Å². The molecule has 0 aromatic heterocycles. The molecule has 1 saturated carbocycles. The van der Waals surface area contributed by atoms with Crippen LogP contribution in [0.2, 0.25) is 0 Å². The fraction of sp³-hybridized carbons (Fsp3) is 0.167. The van der Waals surface area contributed by atoms with E-state index in [2.05, 4.69) is 21.5 Å². The topological polar surface area (TPSA) is 99.3 Å². The fourth-order valence-corrected chi connectivity index (χ4v) is 3.47. The molecule has 1 aliphatic carbocycles. The fourth-order valence-electron chi connectivity index (χ4n) is 3.30. The van der Waals surface area contributed by atoms with Gasteiger partial charge in [0.05, 0.1) is 6.42 Å². The zero-order valence-electron chi connectivity index (χ0n) is 17.2. The molecule has 0 unspecified atom stereocenters. The molecular weight excluding hydrogens is 424 g/mol. The molecule has 0 atom stereocenters. The van der Waals surface area contributed by atoms with E-state index in [-0.39, 0.29) is 29.3 Å². The lowest BCUT2D eigenvalue weighted by Gasteiger charge is -2.12. The molecule has 0 aliphatic heterocycles. The molecule has 7 nitrogen and oxygen atoms in total. The van der Waals surface area contributed by atoms with Crippen LogP contribution in [0, 0.1) is 5.92 Å². The minimum Gasteiger partial charge on any atom is -0.326 e. The number of carbonyl (C=O) groups excluding carboxylic acids is 3. The van der Waals surface area contributed by atoms with Crippen molar-refractivity contribution in [2.75, 3.05) is 5.32 Å². The third-order valence-electron chi connectivity index (χ3n) is 5.14. The van der Waals surface area contributed by atoms with Crippen molar-refractivity contribution in [3.8, 4) is 0 Å². The van der Waals surface area contributed by atoms with Crippen LogP contribution in [-0.4, -0.2) is 22.8 Å². The quantitative estimate of drug-likeness (QED) is 0.357. The van der Waals surface area contributed by atoms with Crippen LogP contribution in [0.4, 0.5) is 5.69 Å². The molecule has 162 valence electrons. The van der Waals surface area contributed by atoms with Crippen molar-refractivity contribution >= 4 is 51.5 Å². The van der Waals surface area contributed by atoms with Gasteiger partial charge in [0, 0.05) is 17.2 Å². The molecule has 4 rings (SSSR count). The molecule has 3 aromatic rings. The van der Waals surface area contributed by atoms with E-state index in [0.717, 1.165) is 29.2 Å². The third kappa shape index (κ3) is 5.47. The predicted molar refractivity (Wildman–Crippen MR) is 127 cm³/mol. The zero-order chi connectivity index (χ0) is 22.5. The smallest absolute Gasteiger partial charge is 0.269 e. The number of fused-ring (bicyclic) bond motifs is 1. The van der Waals surface area contributed by atoms with Crippen molar-refractivity contribution < 1.29 is 14.4 Å². The van der Waals surface area contributed by atoms with Gasteiger partial charge in [0.25, 0.3) is 5.91 Å². The van der Waals surface area contributed by atoms with E-state index in [9.17, 15) is 14.4 Å². The van der Waals surface area contributed by atoms with E-state index < -0.39 is 5.91 Å². The first-order valence-corrected chi connectivity index (χ1v) is 10.7. The van der Waals surface area contributed by atoms with Crippen molar-refractivity contribution in [1.29, 1.82) is 0 Å². The van der Waals surface area contributed by atoms with Crippen molar-refractivity contribution in [1.82, 2.24) is 16.2 Å². The number of anilines is 1. The summed E-state index contributed by atoms with van der Waals surface area (Å²) in [5, 5.41) is 7.45. The number of amides is 3. The molecule has 3 aromatic carbocycles. The number of thiocarbonyl (C=S) groups is 1. The van der Waals surface area contributed by atoms with Crippen LogP contribution >= 0.6 is 12.2 Å². The largest absolute Gasteiger partial charge is 0.326 e. The van der Waals surface area contributed by atoms with Crippen LogP contribution in [0.3, 0.4) is 0 Å². The van der Waals surface area contributed by atoms with Crippen LogP contribution in [0.25, 0.3) is 10.8 Å². The molecule has 0 radical (unpaired) electrons. The number of hydrogen-bond acceptors (Lipinski definition) is 4. The summed E-state index contributed by atoms with van der Waals surface area (Å²) >= 11 is 5.10. The van der Waals surface area contributed by atoms with Gasteiger partial charge >= 0.3 is 0 Å². The number of nitrogens with one attached hydrogen (secondary N) is 4. The first-order valence-electron chi connectivity index (χ1n) is 10.3. The molecule has 0 heterocycles. The van der Waals surface area contributed by atoms with Gasteiger partial charge in [-0.2, -0.15) is 0 Å². The number of hydrogen-bond donors (Lipinski definition) is 4. The first-order chi connectivity index (χ1) is 15.5. The number of carbonyl (C=O) groups is 3. The van der Waals surface area contributed by atoms with E-state index in [1.54, 1.807) is 24.3 Å². The number of rotatable bonds is 5. The van der Waals surface area contributed by atoms with E-state index in [4.69, 9.17) is 12.2 Å². The Bertz CT molecular complexity index is 1180. The molecule has 0 saturated heterocycles. The monoisotopic (exact) mass is 446 g/mol. The lowest BCUT2D eigenvalue weighted by Crippen LogP contribution is -2.48. The molecule has 1 fully saturated rings. The van der Waals surface area contributed by atoms with Gasteiger partial charge in [0.2, 0.25) is 11.8 Å². The normalized spacial score (nSPS) is 12.6. The van der Waals surface area contributed by atoms with E-state index in [1.165, 1.54) is 0 Å². The minimum absolute atomic E-state index is 0.00287. The Morgan fingerprint density at radius 1 is 0.875 bits per heavy atom. The summed E-state index contributed by atoms with van der Waals surface area (Å²) in [6, 6.07) is 20.2. The lowest BCUT2D eigenvalue weighted by molar-refractivity contribution is -0.119. The Kier molecular flexibility index (Phi) is 6.42. The van der Waals surface area contributed by atoms with E-state index in [0.29, 0.717) is 11.3 Å². The maximum absolute atomic E-state index is 12.4. The van der Waals surface area contributed by atoms with E-state index >= 15 is 0 Å². The minimum atomic E-state index is -0.421. The van der Waals surface area contributed by atoms with Gasteiger partial charge < -0.3 is 10.6 Å². The van der Waals surface area contributed by atoms with Crippen LogP contribution in [0.1, 0.15) is 28.8 Å². The SMILES string of the molecule is O=C(Cc1cccc2ccccc12)NC(=S)NNC(=O)c1ccc(NC(=O)C2CC2)cc1. The summed E-state index contributed by atoms with van der Waals surface area (Å²) < 4.78 is 0. The summed E-state index contributed by atoms with van der Waals surface area (Å²) in [7, 11) is 0.